The zero-order chi connectivity index (χ0) is 16.4. The number of aromatic carboxylic acids is 1. The monoisotopic (exact) mass is 314 g/mol. The molecule has 6 heteroatoms. The number of hydrogen-bond donors (Lipinski definition) is 1. The number of hydrogen-bond acceptors (Lipinski definition) is 5. The van der Waals surface area contributed by atoms with Gasteiger partial charge in [0.05, 0.1) is 18.3 Å². The molecule has 1 aromatic heterocycles. The number of carbonyl (C=O) groups is 1. The van der Waals surface area contributed by atoms with Gasteiger partial charge in [0.1, 0.15) is 18.0 Å². The smallest absolute Gasteiger partial charge is 0.339 e. The number of aryl methyl sites for hydroxylation is 1. The Morgan fingerprint density at radius 1 is 1.43 bits per heavy atom. The maximum Gasteiger partial charge on any atom is 0.339 e. The van der Waals surface area contributed by atoms with E-state index in [2.05, 4.69) is 4.98 Å². The summed E-state index contributed by atoms with van der Waals surface area (Å²) in [5.41, 5.74) is 1.90. The molecule has 0 amide bonds. The van der Waals surface area contributed by atoms with Crippen molar-refractivity contribution in [2.24, 2.45) is 0 Å². The first-order valence-corrected chi connectivity index (χ1v) is 7.31. The number of benzene rings is 1. The third-order valence-electron chi connectivity index (χ3n) is 3.77. The van der Waals surface area contributed by atoms with E-state index in [4.69, 9.17) is 9.47 Å². The highest BCUT2D eigenvalue weighted by atomic mass is 16.5. The third-order valence-corrected chi connectivity index (χ3v) is 3.77. The lowest BCUT2D eigenvalue weighted by Crippen LogP contribution is -2.43. The number of aromatic nitrogens is 1. The minimum atomic E-state index is -1.01. The number of rotatable bonds is 4. The lowest BCUT2D eigenvalue weighted by molar-refractivity contribution is 0.0690. The molecule has 0 fully saturated rings. The van der Waals surface area contributed by atoms with E-state index in [0.29, 0.717) is 24.7 Å². The summed E-state index contributed by atoms with van der Waals surface area (Å²) in [7, 11) is 1.63. The second-order valence-electron chi connectivity index (χ2n) is 5.44. The van der Waals surface area contributed by atoms with Crippen LogP contribution in [0.5, 0.6) is 5.75 Å². The van der Waals surface area contributed by atoms with Crippen molar-refractivity contribution in [2.45, 2.75) is 13.0 Å². The van der Waals surface area contributed by atoms with Gasteiger partial charge in [0, 0.05) is 13.3 Å². The van der Waals surface area contributed by atoms with E-state index in [1.54, 1.807) is 25.4 Å². The quantitative estimate of drug-likeness (QED) is 0.935. The molecule has 6 nitrogen and oxygen atoms in total. The van der Waals surface area contributed by atoms with Crippen LogP contribution in [0.4, 0.5) is 11.5 Å². The average molecular weight is 314 g/mol. The predicted octanol–water partition coefficient (Wildman–Crippen LogP) is 2.63. The first kappa shape index (κ1) is 15.3. The van der Waals surface area contributed by atoms with Gasteiger partial charge >= 0.3 is 5.97 Å². The van der Waals surface area contributed by atoms with Crippen LogP contribution in [0.3, 0.4) is 0 Å². The second-order valence-corrected chi connectivity index (χ2v) is 5.44. The zero-order valence-corrected chi connectivity index (χ0v) is 13.0. The number of carboxylic acid groups (broad SMARTS) is 1. The van der Waals surface area contributed by atoms with Gasteiger partial charge < -0.3 is 19.5 Å². The molecule has 0 unspecified atom stereocenters. The van der Waals surface area contributed by atoms with E-state index in [1.165, 1.54) is 0 Å². The van der Waals surface area contributed by atoms with Crippen LogP contribution in [-0.2, 0) is 4.74 Å². The summed E-state index contributed by atoms with van der Waals surface area (Å²) in [6, 6.07) is 8.90. The van der Waals surface area contributed by atoms with Gasteiger partial charge in [-0.05, 0) is 30.7 Å². The van der Waals surface area contributed by atoms with E-state index in [9.17, 15) is 9.90 Å². The first-order valence-electron chi connectivity index (χ1n) is 7.31. The zero-order valence-electron chi connectivity index (χ0n) is 13.0. The number of fused-ring (bicyclic) bond motifs is 1. The van der Waals surface area contributed by atoms with Gasteiger partial charge in [-0.3, -0.25) is 0 Å². The Labute approximate surface area is 134 Å². The summed E-state index contributed by atoms with van der Waals surface area (Å²) in [4.78, 5) is 17.9. The molecule has 3 rings (SSSR count). The number of methoxy groups -OCH3 is 1. The molecule has 0 aliphatic carbocycles. The van der Waals surface area contributed by atoms with Crippen LogP contribution in [0.25, 0.3) is 0 Å². The van der Waals surface area contributed by atoms with Crippen LogP contribution in [0.1, 0.15) is 15.9 Å². The summed E-state index contributed by atoms with van der Waals surface area (Å²) >= 11 is 0. The fourth-order valence-corrected chi connectivity index (χ4v) is 2.71. The van der Waals surface area contributed by atoms with Gasteiger partial charge in [0.2, 0.25) is 0 Å². The second kappa shape index (κ2) is 6.26. The van der Waals surface area contributed by atoms with Gasteiger partial charge in [-0.1, -0.05) is 12.1 Å². The lowest BCUT2D eigenvalue weighted by Gasteiger charge is -2.37. The molecule has 0 spiro atoms. The maximum atomic E-state index is 11.4. The van der Waals surface area contributed by atoms with Crippen LogP contribution < -0.4 is 9.64 Å². The van der Waals surface area contributed by atoms with Crippen molar-refractivity contribution >= 4 is 17.5 Å². The Bertz CT molecular complexity index is 715. The fraction of sp³-hybridized carbons (Fsp3) is 0.294. The van der Waals surface area contributed by atoms with Crippen LogP contribution in [-0.4, -0.2) is 42.4 Å². The average Bonchev–Trinajstić information content (AvgIpc) is 2.55. The molecule has 0 saturated carbocycles. The van der Waals surface area contributed by atoms with Gasteiger partial charge in [-0.2, -0.15) is 0 Å². The topological polar surface area (TPSA) is 71.9 Å². The number of para-hydroxylation sites is 1. The van der Waals surface area contributed by atoms with E-state index < -0.39 is 5.97 Å². The van der Waals surface area contributed by atoms with Crippen molar-refractivity contribution in [3.63, 3.8) is 0 Å². The lowest BCUT2D eigenvalue weighted by atomic mass is 10.1. The Morgan fingerprint density at radius 3 is 2.91 bits per heavy atom. The molecular formula is C17H18N2O4. The summed E-state index contributed by atoms with van der Waals surface area (Å²) in [6.07, 6.45) is 1.79. The molecule has 0 saturated heterocycles. The molecule has 120 valence electrons. The third kappa shape index (κ3) is 2.85. The number of ether oxygens (including phenoxy) is 2. The molecule has 0 bridgehead atoms. The molecule has 2 aromatic rings. The highest BCUT2D eigenvalue weighted by molar-refractivity contribution is 5.94. The van der Waals surface area contributed by atoms with Crippen molar-refractivity contribution in [3.8, 4) is 5.75 Å². The Hall–Kier alpha value is -2.60. The molecule has 1 atom stereocenters. The van der Waals surface area contributed by atoms with Gasteiger partial charge in [-0.25, -0.2) is 9.78 Å². The van der Waals surface area contributed by atoms with Crippen molar-refractivity contribution in [1.29, 1.82) is 0 Å². The summed E-state index contributed by atoms with van der Waals surface area (Å²) < 4.78 is 11.0. The summed E-state index contributed by atoms with van der Waals surface area (Å²) in [6.45, 7) is 2.76. The minimum Gasteiger partial charge on any atom is -0.488 e. The molecule has 1 aliphatic rings. The van der Waals surface area contributed by atoms with Gasteiger partial charge in [-0.15, -0.1) is 0 Å². The number of carboxylic acids is 1. The van der Waals surface area contributed by atoms with E-state index in [-0.39, 0.29) is 11.6 Å². The maximum absolute atomic E-state index is 11.4. The summed E-state index contributed by atoms with van der Waals surface area (Å²) in [5.74, 6) is 0.100. The Balaban J connectivity index is 2.12. The SMILES string of the molecule is COC[C@H]1COc2c(C(=O)O)cccc2N1c1ccc(C)cn1. The molecule has 0 radical (unpaired) electrons. The highest BCUT2D eigenvalue weighted by Gasteiger charge is 2.32. The summed E-state index contributed by atoms with van der Waals surface area (Å²) in [5, 5.41) is 9.36. The Morgan fingerprint density at radius 2 is 2.26 bits per heavy atom. The molecule has 2 heterocycles. The largest absolute Gasteiger partial charge is 0.488 e. The molecule has 1 aromatic carbocycles. The minimum absolute atomic E-state index is 0.0771. The van der Waals surface area contributed by atoms with E-state index in [1.807, 2.05) is 30.0 Å². The van der Waals surface area contributed by atoms with Gasteiger partial charge in [0.25, 0.3) is 0 Å². The fourth-order valence-electron chi connectivity index (χ4n) is 2.71. The highest BCUT2D eigenvalue weighted by Crippen LogP contribution is 2.40. The molecule has 1 aliphatic heterocycles. The molecule has 23 heavy (non-hydrogen) atoms. The van der Waals surface area contributed by atoms with Gasteiger partial charge in [0.15, 0.2) is 5.75 Å². The predicted molar refractivity (Wildman–Crippen MR) is 85.7 cm³/mol. The van der Waals surface area contributed by atoms with E-state index >= 15 is 0 Å². The number of nitrogens with zero attached hydrogens (tertiary/aromatic N) is 2. The number of pyridine rings is 1. The standard InChI is InChI=1S/C17H18N2O4/c1-11-6-7-15(18-8-11)19-12(9-22-2)10-23-16-13(17(20)21)4-3-5-14(16)19/h3-8,12H,9-10H2,1-2H3,(H,20,21)/t12-/m0/s1. The van der Waals surface area contributed by atoms with Crippen molar-refractivity contribution in [2.75, 3.05) is 25.2 Å². The van der Waals surface area contributed by atoms with E-state index in [0.717, 1.165) is 11.4 Å². The van der Waals surface area contributed by atoms with Crippen molar-refractivity contribution in [3.05, 3.63) is 47.7 Å². The molecule has 1 N–H and O–H groups in total. The Kier molecular flexibility index (Phi) is 4.16. The van der Waals surface area contributed by atoms with Crippen molar-refractivity contribution < 1.29 is 19.4 Å². The molecular weight excluding hydrogens is 296 g/mol. The number of anilines is 2. The van der Waals surface area contributed by atoms with Crippen molar-refractivity contribution in [1.82, 2.24) is 4.98 Å². The van der Waals surface area contributed by atoms with Crippen LogP contribution >= 0.6 is 0 Å². The first-order chi connectivity index (χ1) is 11.1. The van der Waals surface area contributed by atoms with Crippen LogP contribution in [0.15, 0.2) is 36.5 Å². The normalized spacial score (nSPS) is 16.6. The van der Waals surface area contributed by atoms with Crippen LogP contribution in [0, 0.1) is 6.92 Å². The van der Waals surface area contributed by atoms with Crippen LogP contribution in [0.2, 0.25) is 0 Å².